The normalized spacial score (nSPS) is 11.0. The molecule has 0 radical (unpaired) electrons. The minimum atomic E-state index is -4.59. The number of aromatic nitrogens is 1. The highest BCUT2D eigenvalue weighted by atomic mass is 19.4. The molecular weight excluding hydrogens is 441 g/mol. The second kappa shape index (κ2) is 10.0. The summed E-state index contributed by atoms with van der Waals surface area (Å²) in [5, 5.41) is 8.86. The Morgan fingerprint density at radius 1 is 1.06 bits per heavy atom. The van der Waals surface area contributed by atoms with Gasteiger partial charge in [0, 0.05) is 31.4 Å². The lowest BCUT2D eigenvalue weighted by molar-refractivity contribution is -0.140. The van der Waals surface area contributed by atoms with E-state index in [-0.39, 0.29) is 23.7 Å². The number of rotatable bonds is 7. The fraction of sp³-hybridized carbons (Fsp3) is 0.174. The highest BCUT2D eigenvalue weighted by molar-refractivity contribution is 5.74. The van der Waals surface area contributed by atoms with Crippen molar-refractivity contribution in [2.24, 2.45) is 0 Å². The molecule has 1 aromatic heterocycles. The Morgan fingerprint density at radius 3 is 2.52 bits per heavy atom. The van der Waals surface area contributed by atoms with Gasteiger partial charge in [-0.15, -0.1) is 0 Å². The van der Waals surface area contributed by atoms with Gasteiger partial charge in [0.05, 0.1) is 5.56 Å². The van der Waals surface area contributed by atoms with Crippen molar-refractivity contribution in [2.45, 2.75) is 12.7 Å². The molecule has 0 spiro atoms. The van der Waals surface area contributed by atoms with Gasteiger partial charge in [-0.25, -0.2) is 14.6 Å². The van der Waals surface area contributed by atoms with E-state index in [9.17, 15) is 22.8 Å². The number of nitrogens with zero attached hydrogens (tertiary/aromatic N) is 2. The van der Waals surface area contributed by atoms with E-state index in [2.05, 4.69) is 4.98 Å². The molecule has 3 aromatic rings. The summed E-state index contributed by atoms with van der Waals surface area (Å²) in [6, 6.07) is 14.1. The molecule has 172 valence electrons. The van der Waals surface area contributed by atoms with Gasteiger partial charge < -0.3 is 19.5 Å². The number of pyridine rings is 1. The number of carbonyl (C=O) groups is 2. The minimum Gasteiger partial charge on any atom is -0.481 e. The molecule has 0 aliphatic rings. The number of alkyl halides is 3. The molecule has 0 saturated carbocycles. The first-order chi connectivity index (χ1) is 15.6. The zero-order chi connectivity index (χ0) is 24.0. The number of carboxylic acid groups (broad SMARTS) is 1. The van der Waals surface area contributed by atoms with Gasteiger partial charge in [-0.05, 0) is 41.5 Å². The lowest BCUT2D eigenvalue weighted by atomic mass is 9.99. The van der Waals surface area contributed by atoms with Gasteiger partial charge in [-0.2, -0.15) is 13.2 Å². The van der Waals surface area contributed by atoms with Crippen LogP contribution in [-0.2, 0) is 17.5 Å². The summed E-state index contributed by atoms with van der Waals surface area (Å²) < 4.78 is 50.1. The van der Waals surface area contributed by atoms with Crippen LogP contribution in [0.3, 0.4) is 0 Å². The molecule has 0 aliphatic carbocycles. The molecule has 2 aromatic carbocycles. The van der Waals surface area contributed by atoms with Crippen molar-refractivity contribution in [1.82, 2.24) is 9.88 Å². The Hall–Kier alpha value is -4.08. The number of carbonyl (C=O) groups excluding carboxylic acids is 1. The van der Waals surface area contributed by atoms with E-state index in [4.69, 9.17) is 14.6 Å². The molecule has 1 amide bonds. The Bertz CT molecular complexity index is 1140. The second-order valence-corrected chi connectivity index (χ2v) is 6.98. The molecule has 10 heteroatoms. The van der Waals surface area contributed by atoms with Gasteiger partial charge in [0.2, 0.25) is 5.88 Å². The number of benzene rings is 2. The van der Waals surface area contributed by atoms with Crippen molar-refractivity contribution in [3.63, 3.8) is 0 Å². The molecule has 0 fully saturated rings. The predicted molar refractivity (Wildman–Crippen MR) is 112 cm³/mol. The van der Waals surface area contributed by atoms with E-state index < -0.39 is 30.4 Å². The lowest BCUT2D eigenvalue weighted by Gasteiger charge is -2.18. The first kappa shape index (κ1) is 23.6. The van der Waals surface area contributed by atoms with Gasteiger partial charge >= 0.3 is 18.2 Å². The molecule has 1 N–H and O–H groups in total. The molecule has 3 rings (SSSR count). The van der Waals surface area contributed by atoms with Gasteiger partial charge in [-0.3, -0.25) is 0 Å². The van der Waals surface area contributed by atoms with Crippen LogP contribution < -0.4 is 9.47 Å². The summed E-state index contributed by atoms with van der Waals surface area (Å²) in [6.07, 6.45) is -3.78. The van der Waals surface area contributed by atoms with Crippen LogP contribution in [0, 0.1) is 0 Å². The predicted octanol–water partition coefficient (Wildman–Crippen LogP) is 4.86. The highest BCUT2D eigenvalue weighted by Crippen LogP contribution is 2.37. The smallest absolute Gasteiger partial charge is 0.416 e. The van der Waals surface area contributed by atoms with Crippen LogP contribution >= 0.6 is 0 Å². The average molecular weight is 460 g/mol. The number of carboxylic acids is 1. The monoisotopic (exact) mass is 460 g/mol. The molecule has 0 bridgehead atoms. The van der Waals surface area contributed by atoms with Crippen LogP contribution in [0.25, 0.3) is 11.1 Å². The number of hydrogen-bond acceptors (Lipinski definition) is 5. The topological polar surface area (TPSA) is 89.0 Å². The third kappa shape index (κ3) is 6.45. The van der Waals surface area contributed by atoms with Gasteiger partial charge in [0.1, 0.15) is 5.75 Å². The molecule has 0 atom stereocenters. The first-order valence-electron chi connectivity index (χ1n) is 9.62. The number of halogens is 3. The standard InChI is InChI=1S/C23H19F3N2O5/c1-28(22(31)33-20-7-2-3-10-27-20)13-15-5-4-6-16(11-15)18-12-17(23(24,25)26)8-9-19(18)32-14-21(29)30/h2-12H,13-14H2,1H3,(H,29,30). The van der Waals surface area contributed by atoms with Crippen LogP contribution in [0.15, 0.2) is 66.9 Å². The van der Waals surface area contributed by atoms with Gasteiger partial charge in [-0.1, -0.05) is 24.3 Å². The van der Waals surface area contributed by atoms with E-state index in [0.717, 1.165) is 18.2 Å². The number of amides is 1. The maximum absolute atomic E-state index is 13.3. The van der Waals surface area contributed by atoms with Gasteiger partial charge in [0.25, 0.3) is 0 Å². The van der Waals surface area contributed by atoms with E-state index >= 15 is 0 Å². The van der Waals surface area contributed by atoms with Crippen LogP contribution in [0.2, 0.25) is 0 Å². The molecule has 0 saturated heterocycles. The molecule has 0 unspecified atom stereocenters. The first-order valence-corrected chi connectivity index (χ1v) is 9.62. The Balaban J connectivity index is 1.85. The fourth-order valence-corrected chi connectivity index (χ4v) is 2.95. The number of aliphatic carboxylic acids is 1. The van der Waals surface area contributed by atoms with Crippen molar-refractivity contribution in [1.29, 1.82) is 0 Å². The Morgan fingerprint density at radius 2 is 1.85 bits per heavy atom. The highest BCUT2D eigenvalue weighted by Gasteiger charge is 2.31. The van der Waals surface area contributed by atoms with Crippen LogP contribution in [0.4, 0.5) is 18.0 Å². The lowest BCUT2D eigenvalue weighted by Crippen LogP contribution is -2.29. The van der Waals surface area contributed by atoms with Crippen molar-refractivity contribution >= 4 is 12.1 Å². The third-order valence-corrected chi connectivity index (χ3v) is 4.46. The van der Waals surface area contributed by atoms with E-state index in [1.54, 1.807) is 36.4 Å². The maximum atomic E-state index is 13.3. The van der Waals surface area contributed by atoms with Crippen molar-refractivity contribution in [3.8, 4) is 22.8 Å². The summed E-state index contributed by atoms with van der Waals surface area (Å²) in [6.45, 7) is -0.607. The molecule has 33 heavy (non-hydrogen) atoms. The van der Waals surface area contributed by atoms with E-state index in [1.165, 1.54) is 24.2 Å². The zero-order valence-electron chi connectivity index (χ0n) is 17.4. The van der Waals surface area contributed by atoms with Crippen molar-refractivity contribution < 1.29 is 37.3 Å². The summed E-state index contributed by atoms with van der Waals surface area (Å²) in [4.78, 5) is 28.3. The van der Waals surface area contributed by atoms with Crippen molar-refractivity contribution in [2.75, 3.05) is 13.7 Å². The van der Waals surface area contributed by atoms with E-state index in [1.807, 2.05) is 0 Å². The SMILES string of the molecule is CN(Cc1cccc(-c2cc(C(F)(F)F)ccc2OCC(=O)O)c1)C(=O)Oc1ccccn1. The quantitative estimate of drug-likeness (QED) is 0.542. The summed E-state index contributed by atoms with van der Waals surface area (Å²) in [5.74, 6) is -1.14. The average Bonchev–Trinajstić information content (AvgIpc) is 2.77. The minimum absolute atomic E-state index is 0.00883. The molecule has 0 aliphatic heterocycles. The summed E-state index contributed by atoms with van der Waals surface area (Å²) in [5.41, 5.74) is 0.147. The maximum Gasteiger partial charge on any atom is 0.416 e. The summed E-state index contributed by atoms with van der Waals surface area (Å²) in [7, 11) is 1.50. The third-order valence-electron chi connectivity index (χ3n) is 4.46. The van der Waals surface area contributed by atoms with E-state index in [0.29, 0.717) is 11.1 Å². The van der Waals surface area contributed by atoms with Crippen LogP contribution in [0.1, 0.15) is 11.1 Å². The molecular formula is C23H19F3N2O5. The van der Waals surface area contributed by atoms with Crippen LogP contribution in [0.5, 0.6) is 11.6 Å². The molecule has 1 heterocycles. The van der Waals surface area contributed by atoms with Crippen molar-refractivity contribution in [3.05, 3.63) is 78.0 Å². The second-order valence-electron chi connectivity index (χ2n) is 6.98. The van der Waals surface area contributed by atoms with Crippen LogP contribution in [-0.4, -0.2) is 40.7 Å². The number of ether oxygens (including phenoxy) is 2. The van der Waals surface area contributed by atoms with Gasteiger partial charge in [0.15, 0.2) is 6.61 Å². The molecule has 7 nitrogen and oxygen atoms in total. The fourth-order valence-electron chi connectivity index (χ4n) is 2.95. The number of hydrogen-bond donors (Lipinski definition) is 1. The largest absolute Gasteiger partial charge is 0.481 e. The summed E-state index contributed by atoms with van der Waals surface area (Å²) >= 11 is 0. The Labute approximate surface area is 187 Å². The Kier molecular flexibility index (Phi) is 7.17. The zero-order valence-corrected chi connectivity index (χ0v) is 17.4.